The number of ether oxygens (including phenoxy) is 1. The van der Waals surface area contributed by atoms with Gasteiger partial charge in [-0.2, -0.15) is 0 Å². The fourth-order valence-corrected chi connectivity index (χ4v) is 2.08. The molecule has 0 amide bonds. The molecule has 2 rings (SSSR count). The van der Waals surface area contributed by atoms with Gasteiger partial charge in [0.25, 0.3) is 0 Å². The van der Waals surface area contributed by atoms with E-state index in [1.807, 2.05) is 0 Å². The van der Waals surface area contributed by atoms with Crippen LogP contribution in [0.25, 0.3) is 0 Å². The maximum absolute atomic E-state index is 11.8. The lowest BCUT2D eigenvalue weighted by molar-refractivity contribution is 0.404. The van der Waals surface area contributed by atoms with Gasteiger partial charge < -0.3 is 16.2 Å². The Morgan fingerprint density at radius 2 is 1.55 bits per heavy atom. The van der Waals surface area contributed by atoms with Gasteiger partial charge in [-0.3, -0.25) is 0 Å². The van der Waals surface area contributed by atoms with Crippen molar-refractivity contribution in [1.82, 2.24) is 0 Å². The number of methoxy groups -OCH3 is 1. The smallest absolute Gasteiger partial charge is 0.494 e. The minimum atomic E-state index is -2.36. The van der Waals surface area contributed by atoms with Crippen LogP contribution in [0.1, 0.15) is 0 Å². The Hall–Kier alpha value is -2.46. The second-order valence-electron chi connectivity index (χ2n) is 3.88. The summed E-state index contributed by atoms with van der Waals surface area (Å²) >= 11 is 0. The monoisotopic (exact) mass is 293 g/mol. The van der Waals surface area contributed by atoms with Crippen LogP contribution in [0.4, 0.5) is 11.4 Å². The van der Waals surface area contributed by atoms with Crippen LogP contribution in [0.3, 0.4) is 0 Å². The van der Waals surface area contributed by atoms with E-state index >= 15 is 0 Å². The van der Waals surface area contributed by atoms with E-state index in [4.69, 9.17) is 25.3 Å². The van der Waals surface area contributed by atoms with Gasteiger partial charge in [-0.15, -0.1) is 0 Å². The fraction of sp³-hybridized carbons (Fsp3) is 0.0769. The third-order valence-electron chi connectivity index (χ3n) is 2.44. The van der Waals surface area contributed by atoms with Crippen molar-refractivity contribution in [3.63, 3.8) is 0 Å². The molecular weight excluding hydrogens is 279 g/mol. The van der Waals surface area contributed by atoms with Crippen molar-refractivity contribution in [3.05, 3.63) is 42.5 Å². The van der Waals surface area contributed by atoms with Crippen LogP contribution in [0, 0.1) is 0 Å². The van der Waals surface area contributed by atoms with Crippen LogP contribution in [0.5, 0.6) is 17.2 Å². The lowest BCUT2D eigenvalue weighted by Gasteiger charge is -2.03. The number of benzene rings is 2. The summed E-state index contributed by atoms with van der Waals surface area (Å²) in [6.45, 7) is 0. The molecule has 0 aliphatic carbocycles. The first-order valence-electron chi connectivity index (χ1n) is 5.71. The minimum Gasteiger partial charge on any atom is -0.494 e. The predicted molar refractivity (Wildman–Crippen MR) is 77.1 cm³/mol. The van der Waals surface area contributed by atoms with Crippen molar-refractivity contribution < 1.29 is 18.3 Å². The number of anilines is 2. The highest BCUT2D eigenvalue weighted by molar-refractivity contribution is 7.34. The molecule has 0 aromatic heterocycles. The number of hydrogen-bond donors (Lipinski definition) is 2. The highest BCUT2D eigenvalue weighted by Crippen LogP contribution is 2.34. The predicted octanol–water partition coefficient (Wildman–Crippen LogP) is 2.97. The molecule has 1 atom stereocenters. The Kier molecular flexibility index (Phi) is 4.27. The van der Waals surface area contributed by atoms with E-state index in [1.54, 1.807) is 36.4 Å². The van der Waals surface area contributed by atoms with Gasteiger partial charge in [0.1, 0.15) is 5.75 Å². The summed E-state index contributed by atoms with van der Waals surface area (Å²) in [5.41, 5.74) is 12.3. The fourth-order valence-electron chi connectivity index (χ4n) is 1.47. The van der Waals surface area contributed by atoms with Crippen molar-refractivity contribution in [2.75, 3.05) is 18.6 Å². The normalized spacial score (nSPS) is 10.8. The highest BCUT2D eigenvalue weighted by Gasteiger charge is 2.24. The maximum Gasteiger partial charge on any atom is 0.805 e. The van der Waals surface area contributed by atoms with Crippen LogP contribution in [0.15, 0.2) is 42.5 Å². The van der Waals surface area contributed by atoms with Gasteiger partial charge in [-0.1, -0.05) is 0 Å². The Morgan fingerprint density at radius 1 is 0.950 bits per heavy atom. The van der Waals surface area contributed by atoms with Crippen LogP contribution < -0.4 is 25.3 Å². The molecule has 104 valence electrons. The number of nitrogen functional groups attached to an aromatic ring is 2. The number of nitrogens with two attached hydrogens (primary N) is 2. The molecular formula is C13H14N2O4P+. The van der Waals surface area contributed by atoms with Crippen molar-refractivity contribution >= 4 is 19.6 Å². The van der Waals surface area contributed by atoms with Gasteiger partial charge in [-0.25, -0.2) is 9.05 Å². The van der Waals surface area contributed by atoms with Crippen molar-refractivity contribution in [2.45, 2.75) is 0 Å². The molecule has 0 bridgehead atoms. The Morgan fingerprint density at radius 3 is 2.20 bits per heavy atom. The highest BCUT2D eigenvalue weighted by atomic mass is 31.1. The van der Waals surface area contributed by atoms with Gasteiger partial charge in [0.05, 0.1) is 12.8 Å². The molecule has 0 saturated carbocycles. The summed E-state index contributed by atoms with van der Waals surface area (Å²) in [6.07, 6.45) is 0. The zero-order chi connectivity index (χ0) is 14.5. The lowest BCUT2D eigenvalue weighted by Crippen LogP contribution is -1.94. The largest absolute Gasteiger partial charge is 0.805 e. The van der Waals surface area contributed by atoms with Gasteiger partial charge in [0.2, 0.25) is 0 Å². The molecule has 1 unspecified atom stereocenters. The van der Waals surface area contributed by atoms with Crippen LogP contribution in [-0.2, 0) is 4.57 Å². The molecule has 2 aromatic carbocycles. The second-order valence-corrected chi connectivity index (χ2v) is 4.69. The Bertz CT molecular complexity index is 616. The summed E-state index contributed by atoms with van der Waals surface area (Å²) in [7, 11) is -0.871. The second kappa shape index (κ2) is 6.12. The summed E-state index contributed by atoms with van der Waals surface area (Å²) < 4.78 is 27.1. The molecule has 2 aromatic rings. The molecule has 0 aliphatic heterocycles. The molecule has 4 N–H and O–H groups in total. The first-order valence-corrected chi connectivity index (χ1v) is 6.80. The zero-order valence-electron chi connectivity index (χ0n) is 10.8. The summed E-state index contributed by atoms with van der Waals surface area (Å²) in [5.74, 6) is 1.19. The van der Waals surface area contributed by atoms with Crippen molar-refractivity contribution in [3.8, 4) is 17.2 Å². The van der Waals surface area contributed by atoms with Crippen molar-refractivity contribution in [1.29, 1.82) is 0 Å². The van der Waals surface area contributed by atoms with E-state index in [-0.39, 0.29) is 0 Å². The third kappa shape index (κ3) is 3.52. The molecule has 0 saturated heterocycles. The van der Waals surface area contributed by atoms with E-state index in [0.717, 1.165) is 0 Å². The molecule has 6 nitrogen and oxygen atoms in total. The molecule has 0 heterocycles. The van der Waals surface area contributed by atoms with Gasteiger partial charge >= 0.3 is 8.25 Å². The van der Waals surface area contributed by atoms with Crippen LogP contribution in [-0.4, -0.2) is 7.11 Å². The topological polar surface area (TPSA) is 96.8 Å². The van der Waals surface area contributed by atoms with Gasteiger partial charge in [0.15, 0.2) is 11.5 Å². The standard InChI is InChI=1S/C13H14N2O4P/c1-17-13-8-11(6-7-12(13)15)19-20(16)18-10-4-2-9(14)3-5-10/h2-8H,14-15H2,1H3/q+1. The number of hydrogen-bond acceptors (Lipinski definition) is 6. The van der Waals surface area contributed by atoms with Crippen LogP contribution in [0.2, 0.25) is 0 Å². The summed E-state index contributed by atoms with van der Waals surface area (Å²) in [4.78, 5) is 0. The van der Waals surface area contributed by atoms with E-state index in [9.17, 15) is 4.57 Å². The maximum atomic E-state index is 11.8. The van der Waals surface area contributed by atoms with E-state index in [0.29, 0.717) is 28.6 Å². The van der Waals surface area contributed by atoms with E-state index < -0.39 is 8.25 Å². The molecule has 0 fully saturated rings. The molecule has 0 spiro atoms. The van der Waals surface area contributed by atoms with E-state index in [2.05, 4.69) is 0 Å². The average Bonchev–Trinajstić information content (AvgIpc) is 2.43. The first kappa shape index (κ1) is 14.0. The molecule has 7 heteroatoms. The Labute approximate surface area is 117 Å². The SMILES string of the molecule is COc1cc(O[P+](=O)Oc2ccc(N)cc2)ccc1N. The van der Waals surface area contributed by atoms with Gasteiger partial charge in [-0.05, 0) is 36.4 Å². The van der Waals surface area contributed by atoms with Crippen molar-refractivity contribution in [2.24, 2.45) is 0 Å². The molecule has 0 aliphatic rings. The summed E-state index contributed by atoms with van der Waals surface area (Å²) in [5, 5.41) is 0. The van der Waals surface area contributed by atoms with Gasteiger partial charge in [0, 0.05) is 16.3 Å². The lowest BCUT2D eigenvalue weighted by atomic mass is 10.3. The first-order chi connectivity index (χ1) is 9.58. The average molecular weight is 293 g/mol. The third-order valence-corrected chi connectivity index (χ3v) is 3.16. The van der Waals surface area contributed by atoms with E-state index in [1.165, 1.54) is 13.2 Å². The summed E-state index contributed by atoms with van der Waals surface area (Å²) in [6, 6.07) is 11.2. The molecule has 20 heavy (non-hydrogen) atoms. The quantitative estimate of drug-likeness (QED) is 0.649. The zero-order valence-corrected chi connectivity index (χ0v) is 11.7. The molecule has 0 radical (unpaired) electrons. The number of rotatable bonds is 5. The Balaban J connectivity index is 2.02. The van der Waals surface area contributed by atoms with Crippen LogP contribution >= 0.6 is 8.25 Å². The minimum absolute atomic E-state index is 0.340.